The van der Waals surface area contributed by atoms with E-state index in [1.165, 1.54) is 45.1 Å². The van der Waals surface area contributed by atoms with Crippen LogP contribution >= 0.6 is 0 Å². The Hall–Kier alpha value is -0.120. The lowest BCUT2D eigenvalue weighted by Gasteiger charge is -2.31. The Bertz CT molecular complexity index is 158. The Morgan fingerprint density at radius 3 is 2.50 bits per heavy atom. The van der Waals surface area contributed by atoms with Crippen LogP contribution in [0.25, 0.3) is 0 Å². The van der Waals surface area contributed by atoms with Gasteiger partial charge in [0.1, 0.15) is 0 Å². The fraction of sp³-hybridized carbons (Fsp3) is 1.00. The zero-order valence-corrected chi connectivity index (χ0v) is 11.0. The van der Waals surface area contributed by atoms with Gasteiger partial charge in [0.2, 0.25) is 0 Å². The van der Waals surface area contributed by atoms with Crippen LogP contribution in [0.5, 0.6) is 0 Å². The Morgan fingerprint density at radius 2 is 1.81 bits per heavy atom. The van der Waals surface area contributed by atoms with Crippen molar-refractivity contribution in [3.05, 3.63) is 0 Å². The molecule has 1 aliphatic heterocycles. The summed E-state index contributed by atoms with van der Waals surface area (Å²) in [6.45, 7) is 4.33. The van der Waals surface area contributed by atoms with Gasteiger partial charge >= 0.3 is 0 Å². The molecule has 1 rings (SSSR count). The molecule has 0 aromatic carbocycles. The molecule has 0 aromatic rings. The lowest BCUT2D eigenvalue weighted by atomic mass is 10.1. The van der Waals surface area contributed by atoms with Crippen LogP contribution in [0.15, 0.2) is 0 Å². The molecule has 0 atom stereocenters. The molecule has 1 saturated heterocycles. The molecule has 1 aliphatic rings. The largest absolute Gasteiger partial charge is 0.381 e. The summed E-state index contributed by atoms with van der Waals surface area (Å²) in [5.41, 5.74) is 0. The van der Waals surface area contributed by atoms with Gasteiger partial charge in [0.05, 0.1) is 0 Å². The van der Waals surface area contributed by atoms with E-state index in [0.29, 0.717) is 0 Å². The van der Waals surface area contributed by atoms with Crippen molar-refractivity contribution in [3.8, 4) is 0 Å². The second kappa shape index (κ2) is 8.97. The summed E-state index contributed by atoms with van der Waals surface area (Å²) >= 11 is 0. The Morgan fingerprint density at radius 1 is 1.12 bits per heavy atom. The zero-order chi connectivity index (χ0) is 11.6. The third-order valence-corrected chi connectivity index (χ3v) is 3.50. The highest BCUT2D eigenvalue weighted by Crippen LogP contribution is 2.13. The van der Waals surface area contributed by atoms with Gasteiger partial charge in [-0.15, -0.1) is 0 Å². The molecule has 0 aliphatic carbocycles. The van der Waals surface area contributed by atoms with Gasteiger partial charge < -0.3 is 15.0 Å². The minimum atomic E-state index is 0.769. The number of nitrogens with zero attached hydrogens (tertiary/aromatic N) is 1. The molecule has 3 nitrogen and oxygen atoms in total. The Labute approximate surface area is 101 Å². The van der Waals surface area contributed by atoms with Crippen LogP contribution in [-0.4, -0.2) is 51.3 Å². The average Bonchev–Trinajstić information content (AvgIpc) is 2.34. The maximum Gasteiger partial charge on any atom is 0.0480 e. The second-order valence-corrected chi connectivity index (χ2v) is 4.84. The summed E-state index contributed by atoms with van der Waals surface area (Å²) in [6.07, 6.45) is 7.83. The maximum absolute atomic E-state index is 5.39. The van der Waals surface area contributed by atoms with E-state index in [1.807, 2.05) is 7.05 Å². The van der Waals surface area contributed by atoms with Crippen LogP contribution in [0.2, 0.25) is 0 Å². The van der Waals surface area contributed by atoms with Crippen molar-refractivity contribution in [2.24, 2.45) is 0 Å². The SMILES string of the molecule is CNCCCCCCN(C)C1CCOCC1. The van der Waals surface area contributed by atoms with Crippen LogP contribution < -0.4 is 5.32 Å². The number of rotatable bonds is 8. The van der Waals surface area contributed by atoms with Gasteiger partial charge in [-0.2, -0.15) is 0 Å². The molecular formula is C13H28N2O. The minimum absolute atomic E-state index is 0.769. The van der Waals surface area contributed by atoms with E-state index in [9.17, 15) is 0 Å². The van der Waals surface area contributed by atoms with Crippen molar-refractivity contribution in [1.29, 1.82) is 0 Å². The molecule has 0 radical (unpaired) electrons. The first kappa shape index (κ1) is 13.9. The summed E-state index contributed by atoms with van der Waals surface area (Å²) in [6, 6.07) is 0.769. The van der Waals surface area contributed by atoms with E-state index in [2.05, 4.69) is 17.3 Å². The van der Waals surface area contributed by atoms with Crippen molar-refractivity contribution >= 4 is 0 Å². The van der Waals surface area contributed by atoms with Gasteiger partial charge in [-0.1, -0.05) is 12.8 Å². The maximum atomic E-state index is 5.39. The van der Waals surface area contributed by atoms with Gasteiger partial charge in [0, 0.05) is 19.3 Å². The molecule has 0 aromatic heterocycles. The molecule has 16 heavy (non-hydrogen) atoms. The number of hydrogen-bond acceptors (Lipinski definition) is 3. The highest BCUT2D eigenvalue weighted by molar-refractivity contribution is 4.71. The lowest BCUT2D eigenvalue weighted by Crippen LogP contribution is -2.37. The molecular weight excluding hydrogens is 200 g/mol. The van der Waals surface area contributed by atoms with Gasteiger partial charge in [0.25, 0.3) is 0 Å². The fourth-order valence-electron chi connectivity index (χ4n) is 2.33. The summed E-state index contributed by atoms with van der Waals surface area (Å²) in [7, 11) is 4.29. The molecule has 1 N–H and O–H groups in total. The molecule has 3 heteroatoms. The fourth-order valence-corrected chi connectivity index (χ4v) is 2.33. The Balaban J connectivity index is 1.94. The van der Waals surface area contributed by atoms with Crippen LogP contribution in [0.4, 0.5) is 0 Å². The van der Waals surface area contributed by atoms with Gasteiger partial charge in [-0.25, -0.2) is 0 Å². The molecule has 1 fully saturated rings. The molecule has 0 spiro atoms. The van der Waals surface area contributed by atoms with Crippen LogP contribution in [-0.2, 0) is 4.74 Å². The topological polar surface area (TPSA) is 24.5 Å². The summed E-state index contributed by atoms with van der Waals surface area (Å²) in [4.78, 5) is 2.53. The summed E-state index contributed by atoms with van der Waals surface area (Å²) in [5, 5.41) is 3.19. The number of ether oxygens (including phenoxy) is 1. The predicted octanol–water partition coefficient (Wildman–Crippen LogP) is 1.88. The number of hydrogen-bond donors (Lipinski definition) is 1. The van der Waals surface area contributed by atoms with Crippen molar-refractivity contribution in [2.75, 3.05) is 40.4 Å². The predicted molar refractivity (Wildman–Crippen MR) is 68.9 cm³/mol. The summed E-state index contributed by atoms with van der Waals surface area (Å²) < 4.78 is 5.39. The molecule has 96 valence electrons. The minimum Gasteiger partial charge on any atom is -0.381 e. The van der Waals surface area contributed by atoms with Crippen molar-refractivity contribution in [3.63, 3.8) is 0 Å². The van der Waals surface area contributed by atoms with Gasteiger partial charge in [-0.3, -0.25) is 0 Å². The van der Waals surface area contributed by atoms with Crippen LogP contribution in [0.3, 0.4) is 0 Å². The first-order valence-corrected chi connectivity index (χ1v) is 6.77. The van der Waals surface area contributed by atoms with E-state index in [4.69, 9.17) is 4.74 Å². The van der Waals surface area contributed by atoms with Crippen molar-refractivity contribution in [2.45, 2.75) is 44.6 Å². The quantitative estimate of drug-likeness (QED) is 0.642. The highest BCUT2D eigenvalue weighted by Gasteiger charge is 2.17. The molecule has 1 heterocycles. The Kier molecular flexibility index (Phi) is 7.81. The first-order chi connectivity index (χ1) is 7.84. The van der Waals surface area contributed by atoms with Crippen molar-refractivity contribution < 1.29 is 4.74 Å². The lowest BCUT2D eigenvalue weighted by molar-refractivity contribution is 0.0426. The highest BCUT2D eigenvalue weighted by atomic mass is 16.5. The summed E-state index contributed by atoms with van der Waals surface area (Å²) in [5.74, 6) is 0. The third-order valence-electron chi connectivity index (χ3n) is 3.50. The van der Waals surface area contributed by atoms with Gasteiger partial charge in [0.15, 0.2) is 0 Å². The van der Waals surface area contributed by atoms with E-state index in [-0.39, 0.29) is 0 Å². The monoisotopic (exact) mass is 228 g/mol. The van der Waals surface area contributed by atoms with Crippen molar-refractivity contribution in [1.82, 2.24) is 10.2 Å². The second-order valence-electron chi connectivity index (χ2n) is 4.84. The standard InChI is InChI=1S/C13H28N2O/c1-14-9-5-3-4-6-10-15(2)13-7-11-16-12-8-13/h13-14H,3-12H2,1-2H3. The van der Waals surface area contributed by atoms with Gasteiger partial charge in [-0.05, 0) is 52.9 Å². The molecule has 0 bridgehead atoms. The number of unbranched alkanes of at least 4 members (excludes halogenated alkanes) is 3. The average molecular weight is 228 g/mol. The van der Waals surface area contributed by atoms with E-state index < -0.39 is 0 Å². The molecule has 0 amide bonds. The van der Waals surface area contributed by atoms with E-state index >= 15 is 0 Å². The smallest absolute Gasteiger partial charge is 0.0480 e. The van der Waals surface area contributed by atoms with Crippen LogP contribution in [0, 0.1) is 0 Å². The number of nitrogens with one attached hydrogen (secondary N) is 1. The normalized spacial score (nSPS) is 18.2. The van der Waals surface area contributed by atoms with E-state index in [1.54, 1.807) is 0 Å². The van der Waals surface area contributed by atoms with E-state index in [0.717, 1.165) is 25.8 Å². The van der Waals surface area contributed by atoms with Crippen LogP contribution in [0.1, 0.15) is 38.5 Å². The molecule has 0 unspecified atom stereocenters. The first-order valence-electron chi connectivity index (χ1n) is 6.77. The molecule has 0 saturated carbocycles. The third kappa shape index (κ3) is 5.83. The zero-order valence-electron chi connectivity index (χ0n) is 11.0.